The van der Waals surface area contributed by atoms with E-state index in [1.165, 1.54) is 0 Å². The zero-order valence-electron chi connectivity index (χ0n) is 10.4. The van der Waals surface area contributed by atoms with Gasteiger partial charge in [0.2, 0.25) is 0 Å². The molecule has 0 bridgehead atoms. The summed E-state index contributed by atoms with van der Waals surface area (Å²) >= 11 is 5.78. The number of ether oxygens (including phenoxy) is 3. The van der Waals surface area contributed by atoms with Gasteiger partial charge < -0.3 is 24.1 Å². The fraction of sp³-hybridized carbons (Fsp3) is 0.750. The molecule has 0 amide bonds. The minimum atomic E-state index is -1.28. The summed E-state index contributed by atoms with van der Waals surface area (Å²) in [5, 5.41) is 10.2. The third kappa shape index (κ3) is 2.46. The minimum absolute atomic E-state index is 0.175. The Kier molecular flexibility index (Phi) is 3.55. The molecule has 18 heavy (non-hydrogen) atoms. The fourth-order valence-electron chi connectivity index (χ4n) is 2.52. The number of rotatable bonds is 4. The molecule has 6 heteroatoms. The van der Waals surface area contributed by atoms with E-state index in [4.69, 9.17) is 25.8 Å². The lowest BCUT2D eigenvalue weighted by Crippen LogP contribution is -2.45. The quantitative estimate of drug-likeness (QED) is 0.785. The van der Waals surface area contributed by atoms with Crippen LogP contribution in [0.3, 0.4) is 0 Å². The smallest absolute Gasteiger partial charge is 0.188 e. The highest BCUT2D eigenvalue weighted by Crippen LogP contribution is 2.45. The van der Waals surface area contributed by atoms with Gasteiger partial charge >= 0.3 is 0 Å². The van der Waals surface area contributed by atoms with Gasteiger partial charge in [0.25, 0.3) is 0 Å². The molecule has 102 valence electrons. The summed E-state index contributed by atoms with van der Waals surface area (Å²) < 4.78 is 16.9. The van der Waals surface area contributed by atoms with Crippen LogP contribution in [0.25, 0.3) is 0 Å². The predicted octanol–water partition coefficient (Wildman–Crippen LogP) is 1.33. The van der Waals surface area contributed by atoms with Crippen molar-refractivity contribution in [3.05, 3.63) is 11.6 Å². The first-order chi connectivity index (χ1) is 8.28. The number of carbonyl (C=O) groups is 1. The second-order valence-electron chi connectivity index (χ2n) is 5.20. The van der Waals surface area contributed by atoms with E-state index in [9.17, 15) is 9.90 Å². The highest BCUT2D eigenvalue weighted by molar-refractivity contribution is 6.29. The van der Waals surface area contributed by atoms with Crippen LogP contribution < -0.4 is 0 Å². The molecule has 0 saturated carbocycles. The first-order valence-electron chi connectivity index (χ1n) is 5.78. The molecule has 2 aliphatic heterocycles. The molecule has 0 aromatic carbocycles. The van der Waals surface area contributed by atoms with E-state index in [2.05, 4.69) is 6.58 Å². The Bertz CT molecular complexity index is 351. The van der Waals surface area contributed by atoms with Crippen LogP contribution >= 0.6 is 11.6 Å². The molecule has 0 aromatic heterocycles. The van der Waals surface area contributed by atoms with Crippen molar-refractivity contribution in [1.82, 2.24) is 0 Å². The molecule has 0 radical (unpaired) electrons. The third-order valence-electron chi connectivity index (χ3n) is 3.20. The molecule has 1 unspecified atom stereocenters. The lowest BCUT2D eigenvalue weighted by Gasteiger charge is -2.32. The number of aldehydes is 1. The molecule has 2 heterocycles. The Morgan fingerprint density at radius 3 is 2.72 bits per heavy atom. The van der Waals surface area contributed by atoms with E-state index in [-0.39, 0.29) is 12.5 Å². The van der Waals surface area contributed by atoms with Gasteiger partial charge in [0.05, 0.1) is 0 Å². The maximum Gasteiger partial charge on any atom is 0.188 e. The summed E-state index contributed by atoms with van der Waals surface area (Å²) in [4.78, 5) is 10.8. The van der Waals surface area contributed by atoms with Gasteiger partial charge in [0, 0.05) is 17.9 Å². The molecule has 0 aliphatic carbocycles. The minimum Gasteiger partial charge on any atom is -0.383 e. The Labute approximate surface area is 111 Å². The first kappa shape index (κ1) is 14.0. The van der Waals surface area contributed by atoms with E-state index >= 15 is 0 Å². The van der Waals surface area contributed by atoms with E-state index in [0.717, 1.165) is 0 Å². The van der Waals surface area contributed by atoms with Gasteiger partial charge in [-0.2, -0.15) is 0 Å². The molecule has 5 nitrogen and oxygen atoms in total. The molecule has 2 saturated heterocycles. The van der Waals surface area contributed by atoms with Gasteiger partial charge in [-0.15, -0.1) is 0 Å². The number of aliphatic hydroxyl groups is 1. The van der Waals surface area contributed by atoms with Gasteiger partial charge in [-0.1, -0.05) is 18.2 Å². The van der Waals surface area contributed by atoms with Crippen LogP contribution in [-0.4, -0.2) is 41.3 Å². The van der Waals surface area contributed by atoms with Crippen LogP contribution in [0.1, 0.15) is 26.7 Å². The van der Waals surface area contributed by atoms with Gasteiger partial charge in [0.1, 0.15) is 17.8 Å². The number of aliphatic hydroxyl groups excluding tert-OH is 1. The van der Waals surface area contributed by atoms with Crippen molar-refractivity contribution in [2.75, 3.05) is 0 Å². The standard InChI is InChI=1S/C12H17ClO5/c1-7(13)4-12(9(15)6-14)5-8-10(18-12)17-11(2,3)16-8/h6,8-10,15H,1,4-5H2,2-3H3/t8-,9?,10+,12-/m1/s1. The monoisotopic (exact) mass is 276 g/mol. The molecular formula is C12H17ClO5. The average molecular weight is 277 g/mol. The van der Waals surface area contributed by atoms with Gasteiger partial charge in [-0.3, -0.25) is 0 Å². The van der Waals surface area contributed by atoms with Crippen LogP contribution in [-0.2, 0) is 19.0 Å². The Morgan fingerprint density at radius 1 is 1.56 bits per heavy atom. The second-order valence-corrected chi connectivity index (χ2v) is 5.74. The van der Waals surface area contributed by atoms with E-state index in [1.807, 2.05) is 0 Å². The molecule has 1 N–H and O–H groups in total. The van der Waals surface area contributed by atoms with E-state index < -0.39 is 23.8 Å². The molecular weight excluding hydrogens is 260 g/mol. The molecule has 4 atom stereocenters. The number of halogens is 1. The topological polar surface area (TPSA) is 65.0 Å². The normalized spacial score (nSPS) is 39.3. The van der Waals surface area contributed by atoms with Gasteiger partial charge in [0.15, 0.2) is 18.4 Å². The predicted molar refractivity (Wildman–Crippen MR) is 63.9 cm³/mol. The highest BCUT2D eigenvalue weighted by Gasteiger charge is 2.57. The maximum absolute atomic E-state index is 10.8. The van der Waals surface area contributed by atoms with Crippen LogP contribution in [0.2, 0.25) is 0 Å². The van der Waals surface area contributed by atoms with Crippen LogP contribution in [0.5, 0.6) is 0 Å². The zero-order valence-corrected chi connectivity index (χ0v) is 11.1. The van der Waals surface area contributed by atoms with Crippen molar-refractivity contribution >= 4 is 17.9 Å². The number of hydrogen-bond acceptors (Lipinski definition) is 5. The van der Waals surface area contributed by atoms with Crippen molar-refractivity contribution in [2.24, 2.45) is 0 Å². The van der Waals surface area contributed by atoms with Crippen molar-refractivity contribution in [3.63, 3.8) is 0 Å². The van der Waals surface area contributed by atoms with Crippen molar-refractivity contribution in [1.29, 1.82) is 0 Å². The number of hydrogen-bond donors (Lipinski definition) is 1. The van der Waals surface area contributed by atoms with E-state index in [0.29, 0.717) is 17.7 Å². The number of fused-ring (bicyclic) bond motifs is 1. The third-order valence-corrected chi connectivity index (χ3v) is 3.33. The van der Waals surface area contributed by atoms with Gasteiger partial charge in [-0.25, -0.2) is 0 Å². The van der Waals surface area contributed by atoms with Crippen molar-refractivity contribution in [3.8, 4) is 0 Å². The van der Waals surface area contributed by atoms with Crippen molar-refractivity contribution < 1.29 is 24.1 Å². The Hall–Kier alpha value is -0.460. The highest BCUT2D eigenvalue weighted by atomic mass is 35.5. The SMILES string of the molecule is C=C(Cl)C[C@]1(C(O)C=O)C[C@H]2OC(C)(C)O[C@H]2O1. The van der Waals surface area contributed by atoms with Crippen LogP contribution in [0, 0.1) is 0 Å². The fourth-order valence-corrected chi connectivity index (χ4v) is 2.75. The van der Waals surface area contributed by atoms with Crippen molar-refractivity contribution in [2.45, 2.75) is 56.6 Å². The second kappa shape index (κ2) is 4.58. The molecule has 2 rings (SSSR count). The van der Waals surface area contributed by atoms with E-state index in [1.54, 1.807) is 13.8 Å². The summed E-state index contributed by atoms with van der Waals surface area (Å²) in [6.07, 6.45) is -1.24. The largest absolute Gasteiger partial charge is 0.383 e. The summed E-state index contributed by atoms with van der Waals surface area (Å²) in [5.74, 6) is -0.717. The summed E-state index contributed by atoms with van der Waals surface area (Å²) in [7, 11) is 0. The van der Waals surface area contributed by atoms with Crippen LogP contribution in [0.4, 0.5) is 0 Å². The molecule has 0 spiro atoms. The summed E-state index contributed by atoms with van der Waals surface area (Å²) in [5.41, 5.74) is -1.10. The lowest BCUT2D eigenvalue weighted by molar-refractivity contribution is -0.237. The number of carbonyl (C=O) groups excluding carboxylic acids is 1. The van der Waals surface area contributed by atoms with Crippen LogP contribution in [0.15, 0.2) is 11.6 Å². The lowest BCUT2D eigenvalue weighted by atomic mass is 9.89. The molecule has 0 aromatic rings. The Balaban J connectivity index is 2.17. The zero-order chi connectivity index (χ0) is 13.6. The average Bonchev–Trinajstić information content (AvgIpc) is 2.66. The first-order valence-corrected chi connectivity index (χ1v) is 6.16. The Morgan fingerprint density at radius 2 is 2.22 bits per heavy atom. The summed E-state index contributed by atoms with van der Waals surface area (Å²) in [6, 6.07) is 0. The molecule has 2 aliphatic rings. The summed E-state index contributed by atoms with van der Waals surface area (Å²) in [6.45, 7) is 7.15. The maximum atomic E-state index is 10.8. The van der Waals surface area contributed by atoms with Gasteiger partial charge in [-0.05, 0) is 13.8 Å². The molecule has 2 fully saturated rings.